The Morgan fingerprint density at radius 2 is 2.10 bits per heavy atom. The molecule has 0 fully saturated rings. The van der Waals surface area contributed by atoms with Gasteiger partial charge in [-0.1, -0.05) is 19.9 Å². The summed E-state index contributed by atoms with van der Waals surface area (Å²) < 4.78 is 0. The maximum absolute atomic E-state index is 11.4. The Morgan fingerprint density at radius 1 is 1.40 bits per heavy atom. The Kier molecular flexibility index (Phi) is 6.36. The average Bonchev–Trinajstić information content (AvgIpc) is 2.42. The summed E-state index contributed by atoms with van der Waals surface area (Å²) >= 11 is 1.43. The SMILES string of the molecule is CSc1cccc(NCC(C)(C)CCCO)c1C(=O)O. The van der Waals surface area contributed by atoms with Crippen LogP contribution in [0.25, 0.3) is 0 Å². The van der Waals surface area contributed by atoms with Crippen LogP contribution in [0.1, 0.15) is 37.0 Å². The number of nitrogens with one attached hydrogen (secondary N) is 1. The van der Waals surface area contributed by atoms with Crippen LogP contribution in [0.15, 0.2) is 23.1 Å². The van der Waals surface area contributed by atoms with E-state index in [1.54, 1.807) is 6.07 Å². The van der Waals surface area contributed by atoms with E-state index < -0.39 is 5.97 Å². The lowest BCUT2D eigenvalue weighted by atomic mass is 9.87. The molecule has 0 aliphatic carbocycles. The third-order valence-electron chi connectivity index (χ3n) is 3.23. The van der Waals surface area contributed by atoms with Gasteiger partial charge in [-0.05, 0) is 36.6 Å². The van der Waals surface area contributed by atoms with Crippen LogP contribution in [0.2, 0.25) is 0 Å². The van der Waals surface area contributed by atoms with Gasteiger partial charge in [0.25, 0.3) is 0 Å². The number of rotatable bonds is 8. The minimum absolute atomic E-state index is 0.00780. The lowest BCUT2D eigenvalue weighted by molar-refractivity contribution is 0.0694. The molecule has 4 nitrogen and oxygen atoms in total. The molecule has 1 rings (SSSR count). The van der Waals surface area contributed by atoms with Gasteiger partial charge in [-0.2, -0.15) is 0 Å². The van der Waals surface area contributed by atoms with Crippen LogP contribution in [0.3, 0.4) is 0 Å². The van der Waals surface area contributed by atoms with Gasteiger partial charge in [-0.15, -0.1) is 11.8 Å². The molecular weight excluding hydrogens is 274 g/mol. The molecule has 20 heavy (non-hydrogen) atoms. The summed E-state index contributed by atoms with van der Waals surface area (Å²) in [5.41, 5.74) is 0.993. The van der Waals surface area contributed by atoms with Crippen molar-refractivity contribution in [2.45, 2.75) is 31.6 Å². The van der Waals surface area contributed by atoms with E-state index >= 15 is 0 Å². The Labute approximate surface area is 124 Å². The van der Waals surface area contributed by atoms with Gasteiger partial charge in [-0.25, -0.2) is 4.79 Å². The second-order valence-corrected chi connectivity index (χ2v) is 6.38. The number of carboxylic acids is 1. The van der Waals surface area contributed by atoms with Crippen LogP contribution in [0.5, 0.6) is 0 Å². The molecule has 0 heterocycles. The smallest absolute Gasteiger partial charge is 0.338 e. The summed E-state index contributed by atoms with van der Waals surface area (Å²) in [6, 6.07) is 5.48. The van der Waals surface area contributed by atoms with Crippen molar-refractivity contribution in [1.29, 1.82) is 0 Å². The normalized spacial score (nSPS) is 11.4. The highest BCUT2D eigenvalue weighted by atomic mass is 32.2. The first-order valence-electron chi connectivity index (χ1n) is 6.66. The number of benzene rings is 1. The summed E-state index contributed by atoms with van der Waals surface area (Å²) in [6.45, 7) is 5.07. The standard InChI is InChI=1S/C15H23NO3S/c1-15(2,8-5-9-17)10-16-11-6-4-7-12(20-3)13(11)14(18)19/h4,6-7,16-17H,5,8-10H2,1-3H3,(H,18,19). The molecule has 0 aliphatic rings. The van der Waals surface area contributed by atoms with Crippen molar-refractivity contribution < 1.29 is 15.0 Å². The van der Waals surface area contributed by atoms with Crippen molar-refractivity contribution >= 4 is 23.4 Å². The number of thioether (sulfide) groups is 1. The summed E-state index contributed by atoms with van der Waals surface area (Å²) in [6.07, 6.45) is 3.52. The predicted molar refractivity (Wildman–Crippen MR) is 83.8 cm³/mol. The van der Waals surface area contributed by atoms with Gasteiger partial charge in [0.15, 0.2) is 0 Å². The number of carbonyl (C=O) groups is 1. The Hall–Kier alpha value is -1.20. The van der Waals surface area contributed by atoms with Crippen LogP contribution < -0.4 is 5.32 Å². The van der Waals surface area contributed by atoms with Crippen molar-refractivity contribution in [3.8, 4) is 0 Å². The first-order valence-corrected chi connectivity index (χ1v) is 7.89. The van der Waals surface area contributed by atoms with E-state index in [9.17, 15) is 9.90 Å². The number of carboxylic acid groups (broad SMARTS) is 1. The molecule has 0 spiro atoms. The summed E-state index contributed by atoms with van der Waals surface area (Å²) in [7, 11) is 0. The first-order chi connectivity index (χ1) is 9.41. The minimum Gasteiger partial charge on any atom is -0.478 e. The molecule has 0 aromatic heterocycles. The molecule has 0 saturated heterocycles. The molecule has 0 saturated carbocycles. The maximum atomic E-state index is 11.4. The van der Waals surface area contributed by atoms with Gasteiger partial charge < -0.3 is 15.5 Å². The van der Waals surface area contributed by atoms with Gasteiger partial charge in [0.1, 0.15) is 0 Å². The number of aliphatic hydroxyl groups excluding tert-OH is 1. The highest BCUT2D eigenvalue weighted by Crippen LogP contribution is 2.29. The lowest BCUT2D eigenvalue weighted by Crippen LogP contribution is -2.24. The molecule has 1 aromatic rings. The second kappa shape index (κ2) is 7.55. The van der Waals surface area contributed by atoms with Gasteiger partial charge in [-0.3, -0.25) is 0 Å². The predicted octanol–water partition coefficient (Wildman–Crippen LogP) is 3.32. The minimum atomic E-state index is -0.911. The number of aliphatic hydroxyl groups is 1. The zero-order valence-electron chi connectivity index (χ0n) is 12.3. The monoisotopic (exact) mass is 297 g/mol. The molecule has 0 amide bonds. The Morgan fingerprint density at radius 3 is 2.65 bits per heavy atom. The number of hydrogen-bond donors (Lipinski definition) is 3. The molecular formula is C15H23NO3S. The van der Waals surface area contributed by atoms with Crippen molar-refractivity contribution in [2.75, 3.05) is 24.7 Å². The van der Waals surface area contributed by atoms with E-state index in [0.29, 0.717) is 17.8 Å². The molecule has 0 radical (unpaired) electrons. The fraction of sp³-hybridized carbons (Fsp3) is 0.533. The van der Waals surface area contributed by atoms with Gasteiger partial charge in [0, 0.05) is 23.7 Å². The fourth-order valence-corrected chi connectivity index (χ4v) is 2.67. The Bertz CT molecular complexity index is 460. The molecule has 3 N–H and O–H groups in total. The molecule has 0 bridgehead atoms. The van der Waals surface area contributed by atoms with E-state index in [1.165, 1.54) is 11.8 Å². The van der Waals surface area contributed by atoms with Crippen LogP contribution in [0.4, 0.5) is 5.69 Å². The first kappa shape index (κ1) is 16.9. The van der Waals surface area contributed by atoms with Crippen LogP contribution in [-0.2, 0) is 0 Å². The highest BCUT2D eigenvalue weighted by molar-refractivity contribution is 7.98. The number of anilines is 1. The van der Waals surface area contributed by atoms with Crippen LogP contribution >= 0.6 is 11.8 Å². The molecule has 5 heteroatoms. The van der Waals surface area contributed by atoms with Gasteiger partial charge in [0.05, 0.1) is 5.56 Å². The quantitative estimate of drug-likeness (QED) is 0.642. The van der Waals surface area contributed by atoms with E-state index in [-0.39, 0.29) is 12.0 Å². The molecule has 0 aliphatic heterocycles. The topological polar surface area (TPSA) is 69.6 Å². The highest BCUT2D eigenvalue weighted by Gasteiger charge is 2.20. The summed E-state index contributed by atoms with van der Waals surface area (Å²) in [5, 5.41) is 21.5. The third-order valence-corrected chi connectivity index (χ3v) is 4.01. The third kappa shape index (κ3) is 4.72. The lowest BCUT2D eigenvalue weighted by Gasteiger charge is -2.26. The summed E-state index contributed by atoms with van der Waals surface area (Å²) in [4.78, 5) is 12.2. The van der Waals surface area contributed by atoms with Gasteiger partial charge in [0.2, 0.25) is 0 Å². The summed E-state index contributed by atoms with van der Waals surface area (Å²) in [5.74, 6) is -0.911. The van der Waals surface area contributed by atoms with E-state index in [4.69, 9.17) is 5.11 Å². The largest absolute Gasteiger partial charge is 0.478 e. The van der Waals surface area contributed by atoms with Crippen LogP contribution in [-0.4, -0.2) is 35.6 Å². The van der Waals surface area contributed by atoms with E-state index in [2.05, 4.69) is 19.2 Å². The Balaban J connectivity index is 2.85. The van der Waals surface area contributed by atoms with Gasteiger partial charge >= 0.3 is 5.97 Å². The molecule has 0 unspecified atom stereocenters. The second-order valence-electron chi connectivity index (χ2n) is 5.53. The van der Waals surface area contributed by atoms with Crippen molar-refractivity contribution in [3.05, 3.63) is 23.8 Å². The van der Waals surface area contributed by atoms with Crippen molar-refractivity contribution in [2.24, 2.45) is 5.41 Å². The van der Waals surface area contributed by atoms with E-state index in [0.717, 1.165) is 17.7 Å². The maximum Gasteiger partial charge on any atom is 0.338 e. The van der Waals surface area contributed by atoms with Crippen LogP contribution in [0, 0.1) is 5.41 Å². The van der Waals surface area contributed by atoms with Crippen molar-refractivity contribution in [3.63, 3.8) is 0 Å². The molecule has 1 aromatic carbocycles. The van der Waals surface area contributed by atoms with E-state index in [1.807, 2.05) is 18.4 Å². The zero-order chi connectivity index (χ0) is 15.2. The zero-order valence-corrected chi connectivity index (χ0v) is 13.1. The molecule has 0 atom stereocenters. The average molecular weight is 297 g/mol. The van der Waals surface area contributed by atoms with Crippen molar-refractivity contribution in [1.82, 2.24) is 0 Å². The molecule has 112 valence electrons. The fourth-order valence-electron chi connectivity index (χ4n) is 2.05. The number of hydrogen-bond acceptors (Lipinski definition) is 4. The number of aromatic carboxylic acids is 1.